The van der Waals surface area contributed by atoms with E-state index in [1.807, 2.05) is 6.07 Å². The van der Waals surface area contributed by atoms with E-state index in [0.717, 1.165) is 32.2 Å². The van der Waals surface area contributed by atoms with Crippen molar-refractivity contribution in [2.24, 2.45) is 5.41 Å². The van der Waals surface area contributed by atoms with Crippen LogP contribution in [0.4, 0.5) is 11.4 Å². The lowest BCUT2D eigenvalue weighted by atomic mass is 9.84. The highest BCUT2D eigenvalue weighted by Crippen LogP contribution is 2.44. The van der Waals surface area contributed by atoms with Gasteiger partial charge in [0.05, 0.1) is 11.0 Å². The normalized spacial score (nSPS) is 16.4. The molecule has 6 nitrogen and oxygen atoms in total. The monoisotopic (exact) mass is 481 g/mol. The summed E-state index contributed by atoms with van der Waals surface area (Å²) in [6.07, 6.45) is 3.97. The van der Waals surface area contributed by atoms with E-state index < -0.39 is 4.92 Å². The van der Waals surface area contributed by atoms with Gasteiger partial charge in [-0.3, -0.25) is 10.1 Å². The minimum atomic E-state index is -0.533. The van der Waals surface area contributed by atoms with Crippen LogP contribution in [0.15, 0.2) is 54.6 Å². The Balaban J connectivity index is 1.47. The highest BCUT2D eigenvalue weighted by molar-refractivity contribution is 5.81. The van der Waals surface area contributed by atoms with Crippen molar-refractivity contribution in [3.8, 4) is 22.9 Å². The summed E-state index contributed by atoms with van der Waals surface area (Å²) in [7, 11) is 0. The predicted octanol–water partition coefficient (Wildman–Crippen LogP) is 6.67. The van der Waals surface area contributed by atoms with E-state index in [-0.39, 0.29) is 28.5 Å². The van der Waals surface area contributed by atoms with Crippen molar-refractivity contribution >= 4 is 11.4 Å². The van der Waals surface area contributed by atoms with E-state index in [1.165, 1.54) is 39.6 Å². The number of nitrogens with zero attached hydrogens (tertiary/aromatic N) is 3. The first-order valence-electron chi connectivity index (χ1n) is 12.6. The zero-order chi connectivity index (χ0) is 25.4. The zero-order valence-corrected chi connectivity index (χ0v) is 21.1. The van der Waals surface area contributed by atoms with Gasteiger partial charge in [-0.15, -0.1) is 0 Å². The molecule has 0 amide bonds. The van der Waals surface area contributed by atoms with Crippen LogP contribution in [-0.4, -0.2) is 24.1 Å². The molecule has 2 aliphatic rings. The molecule has 0 N–H and O–H groups in total. The number of ether oxygens (including phenoxy) is 1. The fourth-order valence-corrected chi connectivity index (χ4v) is 5.68. The van der Waals surface area contributed by atoms with Crippen molar-refractivity contribution < 1.29 is 9.66 Å². The van der Waals surface area contributed by atoms with Crippen LogP contribution in [0, 0.1) is 26.9 Å². The van der Waals surface area contributed by atoms with Crippen LogP contribution in [0.3, 0.4) is 0 Å². The van der Waals surface area contributed by atoms with Crippen LogP contribution >= 0.6 is 0 Å². The number of rotatable bonds is 6. The zero-order valence-electron chi connectivity index (χ0n) is 21.1. The second-order valence-electron chi connectivity index (χ2n) is 11.0. The van der Waals surface area contributed by atoms with Gasteiger partial charge in [0.15, 0.2) is 5.56 Å². The maximum atomic E-state index is 11.3. The third kappa shape index (κ3) is 4.42. The largest absolute Gasteiger partial charge is 0.490 e. The number of hydrogen-bond donors (Lipinski definition) is 0. The fraction of sp³-hybridized carbons (Fsp3) is 0.367. The van der Waals surface area contributed by atoms with Crippen molar-refractivity contribution in [1.82, 2.24) is 0 Å². The SMILES string of the molecule is CC(C)(C)Cc1c(N2CCC[C@@H]2COc2cccc([N+](=O)[O-])c2C#N)ccc2c1Cc1ccccc1-2. The number of nitro groups is 1. The summed E-state index contributed by atoms with van der Waals surface area (Å²) in [4.78, 5) is 13.3. The van der Waals surface area contributed by atoms with Gasteiger partial charge < -0.3 is 9.64 Å². The maximum Gasteiger partial charge on any atom is 0.290 e. The first-order valence-corrected chi connectivity index (χ1v) is 12.6. The van der Waals surface area contributed by atoms with Gasteiger partial charge in [-0.05, 0) is 71.0 Å². The molecule has 0 spiro atoms. The van der Waals surface area contributed by atoms with Gasteiger partial charge in [0.25, 0.3) is 5.69 Å². The summed E-state index contributed by atoms with van der Waals surface area (Å²) >= 11 is 0. The van der Waals surface area contributed by atoms with Crippen molar-refractivity contribution in [2.75, 3.05) is 18.1 Å². The summed E-state index contributed by atoms with van der Waals surface area (Å²) in [6, 6.07) is 19.9. The molecule has 0 aromatic heterocycles. The van der Waals surface area contributed by atoms with Gasteiger partial charge in [-0.25, -0.2) is 0 Å². The first-order chi connectivity index (χ1) is 17.3. The average molecular weight is 482 g/mol. The van der Waals surface area contributed by atoms with Crippen molar-refractivity contribution in [3.05, 3.63) is 87.0 Å². The van der Waals surface area contributed by atoms with Crippen LogP contribution in [-0.2, 0) is 12.8 Å². The maximum absolute atomic E-state index is 11.3. The molecule has 1 saturated heterocycles. The van der Waals surface area contributed by atoms with E-state index in [4.69, 9.17) is 4.74 Å². The standard InChI is InChI=1S/C30H31N3O3/c1-30(2,3)17-25-24-16-20-8-4-5-10-22(20)23(24)13-14-27(25)32-15-7-9-21(32)19-36-29-12-6-11-28(33(34)35)26(29)18-31/h4-6,8,10-14,21H,7,9,15-17,19H2,1-3H3/t21-/m1/s1. The van der Waals surface area contributed by atoms with Gasteiger partial charge in [0, 0.05) is 18.3 Å². The number of anilines is 1. The summed E-state index contributed by atoms with van der Waals surface area (Å²) in [5.41, 5.74) is 8.07. The number of nitriles is 1. The Morgan fingerprint density at radius 3 is 2.67 bits per heavy atom. The molecule has 3 aromatic carbocycles. The summed E-state index contributed by atoms with van der Waals surface area (Å²) < 4.78 is 6.07. The number of benzene rings is 3. The number of nitro benzene ring substituents is 1. The van der Waals surface area contributed by atoms with E-state index in [0.29, 0.717) is 6.61 Å². The molecule has 0 radical (unpaired) electrons. The summed E-state index contributed by atoms with van der Waals surface area (Å²) in [5.74, 6) is 0.276. The van der Waals surface area contributed by atoms with Crippen LogP contribution in [0.2, 0.25) is 0 Å². The summed E-state index contributed by atoms with van der Waals surface area (Å²) in [6.45, 7) is 8.18. The minimum absolute atomic E-state index is 0.0178. The Bertz CT molecular complexity index is 1370. The molecule has 184 valence electrons. The molecule has 1 fully saturated rings. The minimum Gasteiger partial charge on any atom is -0.490 e. The second kappa shape index (κ2) is 9.31. The second-order valence-corrected chi connectivity index (χ2v) is 11.0. The molecular formula is C30H31N3O3. The third-order valence-electron chi connectivity index (χ3n) is 7.22. The van der Waals surface area contributed by atoms with E-state index in [9.17, 15) is 15.4 Å². The van der Waals surface area contributed by atoms with Crippen LogP contribution in [0.1, 0.15) is 55.9 Å². The molecule has 1 heterocycles. The Kier molecular flexibility index (Phi) is 6.17. The lowest BCUT2D eigenvalue weighted by Gasteiger charge is -2.32. The quantitative estimate of drug-likeness (QED) is 0.227. The van der Waals surface area contributed by atoms with E-state index in [1.54, 1.807) is 12.1 Å². The summed E-state index contributed by atoms with van der Waals surface area (Å²) in [5, 5.41) is 20.9. The van der Waals surface area contributed by atoms with Crippen molar-refractivity contribution in [1.29, 1.82) is 5.26 Å². The molecule has 0 bridgehead atoms. The predicted molar refractivity (Wildman–Crippen MR) is 142 cm³/mol. The molecule has 6 heteroatoms. The van der Waals surface area contributed by atoms with Gasteiger partial charge >= 0.3 is 0 Å². The Hall–Kier alpha value is -3.85. The van der Waals surface area contributed by atoms with Crippen molar-refractivity contribution in [3.63, 3.8) is 0 Å². The highest BCUT2D eigenvalue weighted by Gasteiger charge is 2.32. The molecule has 36 heavy (non-hydrogen) atoms. The molecule has 1 aliphatic heterocycles. The Morgan fingerprint density at radius 1 is 1.11 bits per heavy atom. The molecule has 1 atom stereocenters. The molecule has 3 aromatic rings. The van der Waals surface area contributed by atoms with Crippen LogP contribution < -0.4 is 9.64 Å². The van der Waals surface area contributed by atoms with E-state index >= 15 is 0 Å². The Morgan fingerprint density at radius 2 is 1.92 bits per heavy atom. The van der Waals surface area contributed by atoms with Crippen LogP contribution in [0.25, 0.3) is 11.1 Å². The van der Waals surface area contributed by atoms with Crippen LogP contribution in [0.5, 0.6) is 5.75 Å². The van der Waals surface area contributed by atoms with Gasteiger partial charge in [-0.1, -0.05) is 57.2 Å². The number of hydrogen-bond acceptors (Lipinski definition) is 5. The molecule has 0 unspecified atom stereocenters. The lowest BCUT2D eigenvalue weighted by Crippen LogP contribution is -2.35. The third-order valence-corrected chi connectivity index (χ3v) is 7.22. The average Bonchev–Trinajstić information content (AvgIpc) is 3.46. The van der Waals surface area contributed by atoms with Gasteiger partial charge in [0.1, 0.15) is 18.4 Å². The smallest absolute Gasteiger partial charge is 0.290 e. The Labute approximate surface area is 212 Å². The lowest BCUT2D eigenvalue weighted by molar-refractivity contribution is -0.385. The molecule has 1 aliphatic carbocycles. The molecule has 5 rings (SSSR count). The van der Waals surface area contributed by atoms with Gasteiger partial charge in [0.2, 0.25) is 0 Å². The van der Waals surface area contributed by atoms with Gasteiger partial charge in [-0.2, -0.15) is 5.26 Å². The fourth-order valence-electron chi connectivity index (χ4n) is 5.68. The topological polar surface area (TPSA) is 79.4 Å². The molecule has 0 saturated carbocycles. The first kappa shape index (κ1) is 23.9. The van der Waals surface area contributed by atoms with E-state index in [2.05, 4.69) is 62.1 Å². The highest BCUT2D eigenvalue weighted by atomic mass is 16.6. The van der Waals surface area contributed by atoms with Crippen molar-refractivity contribution in [2.45, 2.75) is 52.5 Å². The number of fused-ring (bicyclic) bond motifs is 3. The molecular weight excluding hydrogens is 450 g/mol.